The maximum atomic E-state index is 14.4. The lowest BCUT2D eigenvalue weighted by Crippen LogP contribution is -2.28. The fourth-order valence-corrected chi connectivity index (χ4v) is 3.93. The number of nitrogens with zero attached hydrogens (tertiary/aromatic N) is 2. The number of rotatable bonds is 7. The molecule has 0 bridgehead atoms. The number of aromatic nitrogens is 2. The van der Waals surface area contributed by atoms with Gasteiger partial charge in [0.05, 0.1) is 29.5 Å². The Labute approximate surface area is 187 Å². The first-order valence-electron chi connectivity index (χ1n) is 9.33. The van der Waals surface area contributed by atoms with Gasteiger partial charge >= 0.3 is 0 Å². The Morgan fingerprint density at radius 1 is 1.12 bits per heavy atom. The molecule has 2 aromatic carbocycles. The molecule has 0 saturated heterocycles. The molecule has 1 amide bonds. The fraction of sp³-hybridized carbons (Fsp3) is 0.143. The Kier molecular flexibility index (Phi) is 6.68. The van der Waals surface area contributed by atoms with Crippen LogP contribution in [-0.2, 0) is 21.2 Å². The number of hydrogen-bond acceptors (Lipinski definition) is 8. The van der Waals surface area contributed by atoms with Crippen molar-refractivity contribution in [1.82, 2.24) is 14.7 Å². The third-order valence-electron chi connectivity index (χ3n) is 4.45. The van der Waals surface area contributed by atoms with Crippen LogP contribution in [0.2, 0.25) is 0 Å². The highest BCUT2D eigenvalue weighted by atomic mass is 32.2. The van der Waals surface area contributed by atoms with Gasteiger partial charge in [0.2, 0.25) is 5.91 Å². The molecule has 9 nitrogen and oxygen atoms in total. The van der Waals surface area contributed by atoms with Crippen molar-refractivity contribution in [3.05, 3.63) is 65.5 Å². The monoisotopic (exact) mass is 476 g/mol. The van der Waals surface area contributed by atoms with Crippen LogP contribution < -0.4 is 15.2 Å². The van der Waals surface area contributed by atoms with Gasteiger partial charge in [-0.25, -0.2) is 31.9 Å². The number of Topliss-reactive ketones (excluding diaryl/α,β-unsaturated/α-hetero) is 1. The number of amides is 1. The van der Waals surface area contributed by atoms with Crippen LogP contribution in [0.3, 0.4) is 0 Å². The van der Waals surface area contributed by atoms with Gasteiger partial charge < -0.3 is 10.5 Å². The number of hydrogen-bond donors (Lipinski definition) is 2. The van der Waals surface area contributed by atoms with Gasteiger partial charge in [-0.3, -0.25) is 9.59 Å². The number of methoxy groups -OCH3 is 1. The topological polar surface area (TPSA) is 141 Å². The smallest absolute Gasteiger partial charge is 0.264 e. The Bertz CT molecular complexity index is 1320. The largest absolute Gasteiger partial charge is 0.497 e. The quantitative estimate of drug-likeness (QED) is 0.495. The second-order valence-corrected chi connectivity index (χ2v) is 8.54. The summed E-state index contributed by atoms with van der Waals surface area (Å²) in [6.45, 7) is 1.06. The number of benzene rings is 2. The molecule has 0 aliphatic heterocycles. The second kappa shape index (κ2) is 9.28. The average molecular weight is 476 g/mol. The van der Waals surface area contributed by atoms with Crippen LogP contribution in [-0.4, -0.2) is 37.2 Å². The molecule has 1 aromatic heterocycles. The van der Waals surface area contributed by atoms with Crippen molar-refractivity contribution in [2.45, 2.75) is 18.2 Å². The van der Waals surface area contributed by atoms with Crippen molar-refractivity contribution in [2.24, 2.45) is 0 Å². The predicted molar refractivity (Wildman–Crippen MR) is 114 cm³/mol. The third kappa shape index (κ3) is 5.29. The molecule has 0 aliphatic carbocycles. The van der Waals surface area contributed by atoms with Crippen molar-refractivity contribution >= 4 is 27.5 Å². The molecule has 3 aromatic rings. The minimum atomic E-state index is -4.02. The maximum Gasteiger partial charge on any atom is 0.264 e. The van der Waals surface area contributed by atoms with Crippen LogP contribution in [0.4, 0.5) is 14.6 Å². The summed E-state index contributed by atoms with van der Waals surface area (Å²) in [7, 11) is -2.76. The zero-order chi connectivity index (χ0) is 24.3. The van der Waals surface area contributed by atoms with Crippen LogP contribution in [0.1, 0.15) is 23.0 Å². The van der Waals surface area contributed by atoms with E-state index in [2.05, 4.69) is 9.97 Å². The van der Waals surface area contributed by atoms with E-state index < -0.39 is 38.9 Å². The molecule has 33 heavy (non-hydrogen) atoms. The molecule has 0 spiro atoms. The lowest BCUT2D eigenvalue weighted by Gasteiger charge is -2.10. The summed E-state index contributed by atoms with van der Waals surface area (Å²) in [6, 6.07) is 7.14. The van der Waals surface area contributed by atoms with Gasteiger partial charge in [0.1, 0.15) is 23.1 Å². The highest BCUT2D eigenvalue weighted by Gasteiger charge is 2.21. The molecule has 0 aliphatic rings. The summed E-state index contributed by atoms with van der Waals surface area (Å²) in [5.41, 5.74) is 5.14. The van der Waals surface area contributed by atoms with E-state index in [4.69, 9.17) is 10.5 Å². The minimum Gasteiger partial charge on any atom is -0.497 e. The van der Waals surface area contributed by atoms with Gasteiger partial charge in [-0.05, 0) is 17.7 Å². The Balaban J connectivity index is 1.88. The molecule has 0 radical (unpaired) electrons. The first-order chi connectivity index (χ1) is 15.5. The summed E-state index contributed by atoms with van der Waals surface area (Å²) in [5.74, 6) is -3.53. The van der Waals surface area contributed by atoms with Crippen LogP contribution >= 0.6 is 0 Å². The highest BCUT2D eigenvalue weighted by molar-refractivity contribution is 7.90. The number of carbonyl (C=O) groups is 2. The van der Waals surface area contributed by atoms with Gasteiger partial charge in [0, 0.05) is 25.5 Å². The van der Waals surface area contributed by atoms with Crippen LogP contribution in [0.25, 0.3) is 11.3 Å². The lowest BCUT2D eigenvalue weighted by molar-refractivity contribution is -0.117. The van der Waals surface area contributed by atoms with Crippen molar-refractivity contribution in [2.75, 3.05) is 12.8 Å². The first-order valence-corrected chi connectivity index (χ1v) is 10.8. The SMILES string of the molecule is COc1cc(F)c(-c2cnc(N)c(C(=O)Cc3ccc(S(=O)(=O)NC(C)=O)cc3)n2)c(F)c1. The van der Waals surface area contributed by atoms with Crippen LogP contribution in [0.5, 0.6) is 5.75 Å². The zero-order valence-electron chi connectivity index (χ0n) is 17.4. The maximum absolute atomic E-state index is 14.4. The van der Waals surface area contributed by atoms with E-state index in [-0.39, 0.29) is 34.3 Å². The van der Waals surface area contributed by atoms with Gasteiger partial charge in [0.15, 0.2) is 11.6 Å². The molecular formula is C21H18F2N4O5S. The molecule has 0 unspecified atom stereocenters. The van der Waals surface area contributed by atoms with Gasteiger partial charge in [-0.1, -0.05) is 12.1 Å². The molecule has 172 valence electrons. The number of nitrogen functional groups attached to an aromatic ring is 1. The Morgan fingerprint density at radius 3 is 2.27 bits per heavy atom. The number of halogens is 2. The van der Waals surface area contributed by atoms with Crippen LogP contribution in [0.15, 0.2) is 47.5 Å². The molecular weight excluding hydrogens is 458 g/mol. The molecule has 0 atom stereocenters. The molecule has 12 heteroatoms. The standard InChI is InChI=1S/C21H18F2N4O5S/c1-11(28)27-33(30,31)14-5-3-12(4-6-14)7-18(29)20-21(24)25-10-17(26-20)19-15(22)8-13(32-2)9-16(19)23/h3-6,8-10H,7H2,1-2H3,(H2,24,25)(H,27,28). The second-order valence-electron chi connectivity index (χ2n) is 6.86. The lowest BCUT2D eigenvalue weighted by atomic mass is 10.1. The zero-order valence-corrected chi connectivity index (χ0v) is 18.2. The number of ether oxygens (including phenoxy) is 1. The molecule has 3 rings (SSSR count). The van der Waals surface area contributed by atoms with E-state index in [1.165, 1.54) is 31.4 Å². The average Bonchev–Trinajstić information content (AvgIpc) is 2.73. The summed E-state index contributed by atoms with van der Waals surface area (Å²) >= 11 is 0. The van der Waals surface area contributed by atoms with E-state index in [1.54, 1.807) is 0 Å². The third-order valence-corrected chi connectivity index (χ3v) is 5.90. The highest BCUT2D eigenvalue weighted by Crippen LogP contribution is 2.29. The summed E-state index contributed by atoms with van der Waals surface area (Å²) in [5, 5.41) is 0. The normalized spacial score (nSPS) is 11.2. The van der Waals surface area contributed by atoms with Gasteiger partial charge in [0.25, 0.3) is 10.0 Å². The first kappa shape index (κ1) is 23.7. The predicted octanol–water partition coefficient (Wildman–Crippen LogP) is 2.26. The van der Waals surface area contributed by atoms with Crippen molar-refractivity contribution < 1.29 is 31.5 Å². The number of nitrogens with two attached hydrogens (primary N) is 1. The van der Waals surface area contributed by atoms with E-state index in [9.17, 15) is 26.8 Å². The van der Waals surface area contributed by atoms with E-state index >= 15 is 0 Å². The fourth-order valence-electron chi connectivity index (χ4n) is 2.94. The van der Waals surface area contributed by atoms with E-state index in [0.717, 1.165) is 25.3 Å². The molecule has 0 fully saturated rings. The number of anilines is 1. The number of carbonyl (C=O) groups excluding carboxylic acids is 2. The molecule has 1 heterocycles. The number of nitrogens with one attached hydrogen (secondary N) is 1. The van der Waals surface area contributed by atoms with Gasteiger partial charge in [-0.15, -0.1) is 0 Å². The Morgan fingerprint density at radius 2 is 1.73 bits per heavy atom. The van der Waals surface area contributed by atoms with Crippen molar-refractivity contribution in [3.8, 4) is 17.0 Å². The summed E-state index contributed by atoms with van der Waals surface area (Å²) in [4.78, 5) is 31.4. The number of ketones is 1. The molecule has 0 saturated carbocycles. The summed E-state index contributed by atoms with van der Waals surface area (Å²) in [6.07, 6.45) is 0.804. The van der Waals surface area contributed by atoms with Crippen molar-refractivity contribution in [3.63, 3.8) is 0 Å². The Hall–Kier alpha value is -3.93. The van der Waals surface area contributed by atoms with Gasteiger partial charge in [-0.2, -0.15) is 0 Å². The van der Waals surface area contributed by atoms with Crippen molar-refractivity contribution in [1.29, 1.82) is 0 Å². The van der Waals surface area contributed by atoms with E-state index in [1.807, 2.05) is 4.72 Å². The van der Waals surface area contributed by atoms with Crippen LogP contribution in [0, 0.1) is 11.6 Å². The summed E-state index contributed by atoms with van der Waals surface area (Å²) < 4.78 is 59.5. The minimum absolute atomic E-state index is 0.0302. The molecule has 3 N–H and O–H groups in total. The van der Waals surface area contributed by atoms with E-state index in [0.29, 0.717) is 5.56 Å². The number of sulfonamides is 1.